The van der Waals surface area contributed by atoms with Crippen LogP contribution in [0.25, 0.3) is 0 Å². The molecule has 1 rings (SSSR count). The van der Waals surface area contributed by atoms with Crippen molar-refractivity contribution in [2.24, 2.45) is 0 Å². The smallest absolute Gasteiger partial charge is 0.336 e. The third kappa shape index (κ3) is 2.48. The molecule has 0 aliphatic carbocycles. The molecular weight excluding hydrogens is 228 g/mol. The van der Waals surface area contributed by atoms with Gasteiger partial charge in [0.2, 0.25) is 0 Å². The van der Waals surface area contributed by atoms with E-state index in [2.05, 4.69) is 0 Å². The highest BCUT2D eigenvalue weighted by Gasteiger charge is 2.27. The van der Waals surface area contributed by atoms with Gasteiger partial charge < -0.3 is 25.2 Å². The Morgan fingerprint density at radius 2 is 1.94 bits per heavy atom. The van der Waals surface area contributed by atoms with E-state index in [0.29, 0.717) is 0 Å². The number of benzene rings is 1. The van der Waals surface area contributed by atoms with Gasteiger partial charge in [0, 0.05) is 5.56 Å². The Hall–Kier alpha value is -1.79. The van der Waals surface area contributed by atoms with Gasteiger partial charge in [-0.3, -0.25) is 0 Å². The average Bonchev–Trinajstić information content (AvgIpc) is 2.26. The Balaban J connectivity index is 3.49. The van der Waals surface area contributed by atoms with Crippen LogP contribution in [0.2, 0.25) is 0 Å². The van der Waals surface area contributed by atoms with Crippen LogP contribution in [0.5, 0.6) is 11.5 Å². The topological polar surface area (TPSA) is 107 Å². The molecule has 6 nitrogen and oxygen atoms in total. The molecule has 0 saturated heterocycles. The molecule has 0 bridgehead atoms. The molecule has 0 amide bonds. The molecule has 17 heavy (non-hydrogen) atoms. The lowest BCUT2D eigenvalue weighted by atomic mass is 9.97. The van der Waals surface area contributed by atoms with Gasteiger partial charge in [-0.15, -0.1) is 0 Å². The summed E-state index contributed by atoms with van der Waals surface area (Å²) in [6.07, 6.45) is -2.65. The Labute approximate surface area is 97.7 Å². The molecule has 94 valence electrons. The number of methoxy groups -OCH3 is 1. The van der Waals surface area contributed by atoms with Gasteiger partial charge in [-0.1, -0.05) is 0 Å². The fourth-order valence-electron chi connectivity index (χ4n) is 1.52. The highest BCUT2D eigenvalue weighted by Crippen LogP contribution is 2.37. The highest BCUT2D eigenvalue weighted by molar-refractivity contribution is 5.91. The molecule has 2 atom stereocenters. The maximum atomic E-state index is 11.0. The summed E-state index contributed by atoms with van der Waals surface area (Å²) in [5.41, 5.74) is -0.372. The number of aromatic hydroxyl groups is 1. The molecule has 1 aromatic rings. The van der Waals surface area contributed by atoms with Gasteiger partial charge >= 0.3 is 5.97 Å². The number of rotatable bonds is 4. The second-order valence-electron chi connectivity index (χ2n) is 3.57. The van der Waals surface area contributed by atoms with Gasteiger partial charge in [-0.25, -0.2) is 4.79 Å². The molecule has 1 aromatic carbocycles. The molecular formula is C11H14O6. The van der Waals surface area contributed by atoms with Crippen LogP contribution in [0.4, 0.5) is 0 Å². The second-order valence-corrected chi connectivity index (χ2v) is 3.57. The molecule has 0 heterocycles. The first-order chi connectivity index (χ1) is 7.90. The number of phenols is 1. The number of carboxylic acid groups (broad SMARTS) is 1. The number of carbonyl (C=O) groups is 1. The fourth-order valence-corrected chi connectivity index (χ4v) is 1.52. The number of hydrogen-bond acceptors (Lipinski definition) is 5. The first kappa shape index (κ1) is 13.3. The van der Waals surface area contributed by atoms with Crippen LogP contribution in [0, 0.1) is 0 Å². The lowest BCUT2D eigenvalue weighted by Gasteiger charge is -2.19. The van der Waals surface area contributed by atoms with E-state index in [1.54, 1.807) is 0 Å². The second kappa shape index (κ2) is 5.03. The summed E-state index contributed by atoms with van der Waals surface area (Å²) in [7, 11) is 1.24. The largest absolute Gasteiger partial charge is 0.504 e. The van der Waals surface area contributed by atoms with E-state index in [-0.39, 0.29) is 22.6 Å². The first-order valence-electron chi connectivity index (χ1n) is 4.89. The van der Waals surface area contributed by atoms with Crippen molar-refractivity contribution < 1.29 is 30.0 Å². The van der Waals surface area contributed by atoms with Crippen LogP contribution in [-0.4, -0.2) is 39.6 Å². The average molecular weight is 242 g/mol. The molecule has 0 aliphatic heterocycles. The maximum absolute atomic E-state index is 11.0. The number of ether oxygens (including phenoxy) is 1. The predicted molar refractivity (Wildman–Crippen MR) is 58.3 cm³/mol. The van der Waals surface area contributed by atoms with Crippen LogP contribution in [0.1, 0.15) is 28.9 Å². The summed E-state index contributed by atoms with van der Waals surface area (Å²) in [5, 5.41) is 37.6. The quantitative estimate of drug-likeness (QED) is 0.613. The van der Waals surface area contributed by atoms with Crippen molar-refractivity contribution in [3.63, 3.8) is 0 Å². The van der Waals surface area contributed by atoms with Crippen LogP contribution in [0.3, 0.4) is 0 Å². The third-order valence-electron chi connectivity index (χ3n) is 2.36. The summed E-state index contributed by atoms with van der Waals surface area (Å²) in [6, 6.07) is 2.29. The molecule has 0 radical (unpaired) electrons. The summed E-state index contributed by atoms with van der Waals surface area (Å²) in [5.74, 6) is -1.73. The summed E-state index contributed by atoms with van der Waals surface area (Å²) >= 11 is 0. The number of phenolic OH excluding ortho intramolecular Hbond substituents is 1. The highest BCUT2D eigenvalue weighted by atomic mass is 16.5. The van der Waals surface area contributed by atoms with Crippen molar-refractivity contribution in [1.82, 2.24) is 0 Å². The van der Waals surface area contributed by atoms with Crippen molar-refractivity contribution >= 4 is 5.97 Å². The Kier molecular flexibility index (Phi) is 3.93. The zero-order valence-electron chi connectivity index (χ0n) is 9.41. The van der Waals surface area contributed by atoms with E-state index in [0.717, 1.165) is 12.1 Å². The van der Waals surface area contributed by atoms with Gasteiger partial charge in [0.1, 0.15) is 6.10 Å². The number of hydrogen-bond donors (Lipinski definition) is 4. The van der Waals surface area contributed by atoms with Gasteiger partial charge in [0.15, 0.2) is 11.5 Å². The van der Waals surface area contributed by atoms with Gasteiger partial charge in [-0.2, -0.15) is 0 Å². The van der Waals surface area contributed by atoms with E-state index in [9.17, 15) is 20.1 Å². The van der Waals surface area contributed by atoms with Crippen LogP contribution in [-0.2, 0) is 0 Å². The molecule has 4 N–H and O–H groups in total. The van der Waals surface area contributed by atoms with Crippen LogP contribution >= 0.6 is 0 Å². The molecule has 0 aromatic heterocycles. The molecule has 2 unspecified atom stereocenters. The van der Waals surface area contributed by atoms with Gasteiger partial charge in [-0.05, 0) is 19.1 Å². The summed E-state index contributed by atoms with van der Waals surface area (Å²) in [4.78, 5) is 11.0. The lowest BCUT2D eigenvalue weighted by molar-refractivity contribution is 0.0275. The monoisotopic (exact) mass is 242 g/mol. The lowest BCUT2D eigenvalue weighted by Crippen LogP contribution is -2.18. The number of aromatic carboxylic acids is 1. The molecule has 0 fully saturated rings. The van der Waals surface area contributed by atoms with E-state index >= 15 is 0 Å². The van der Waals surface area contributed by atoms with E-state index < -0.39 is 18.2 Å². The fraction of sp³-hybridized carbons (Fsp3) is 0.364. The van der Waals surface area contributed by atoms with Crippen LogP contribution in [0.15, 0.2) is 12.1 Å². The van der Waals surface area contributed by atoms with Crippen molar-refractivity contribution in [1.29, 1.82) is 0 Å². The first-order valence-corrected chi connectivity index (χ1v) is 4.89. The van der Waals surface area contributed by atoms with Crippen molar-refractivity contribution in [3.05, 3.63) is 23.3 Å². The van der Waals surface area contributed by atoms with E-state index in [1.807, 2.05) is 0 Å². The minimum Gasteiger partial charge on any atom is -0.504 e. The number of aliphatic hydroxyl groups is 2. The Morgan fingerprint density at radius 1 is 1.35 bits per heavy atom. The van der Waals surface area contributed by atoms with Crippen molar-refractivity contribution in [3.8, 4) is 11.5 Å². The molecule has 0 saturated carbocycles. The normalized spacial score (nSPS) is 14.1. The number of aliphatic hydroxyl groups excluding tert-OH is 2. The van der Waals surface area contributed by atoms with E-state index in [1.165, 1.54) is 14.0 Å². The molecule has 0 aliphatic rings. The predicted octanol–water partition coefficient (Wildman–Crippen LogP) is 0.513. The van der Waals surface area contributed by atoms with Crippen molar-refractivity contribution in [2.45, 2.75) is 19.1 Å². The van der Waals surface area contributed by atoms with Crippen molar-refractivity contribution in [2.75, 3.05) is 7.11 Å². The molecule has 0 spiro atoms. The minimum absolute atomic E-state index is 0.144. The molecule has 6 heteroatoms. The summed E-state index contributed by atoms with van der Waals surface area (Å²) in [6.45, 7) is 1.31. The number of carboxylic acids is 1. The standard InChI is InChI=1S/C11H14O6/c1-5(12)9(14)8-6(11(15)16)3-4-7(13)10(8)17-2/h3-5,9,12-14H,1-2H3,(H,15,16). The van der Waals surface area contributed by atoms with Gasteiger partial charge in [0.25, 0.3) is 0 Å². The third-order valence-corrected chi connectivity index (χ3v) is 2.36. The Bertz CT molecular complexity index is 426. The SMILES string of the molecule is COc1c(O)ccc(C(=O)O)c1C(O)C(C)O. The van der Waals surface area contributed by atoms with Gasteiger partial charge in [0.05, 0.1) is 18.8 Å². The van der Waals surface area contributed by atoms with E-state index in [4.69, 9.17) is 9.84 Å². The zero-order valence-corrected chi connectivity index (χ0v) is 9.41. The van der Waals surface area contributed by atoms with Crippen LogP contribution < -0.4 is 4.74 Å². The minimum atomic E-state index is -1.46. The Morgan fingerprint density at radius 3 is 2.35 bits per heavy atom. The maximum Gasteiger partial charge on any atom is 0.336 e. The summed E-state index contributed by atoms with van der Waals surface area (Å²) < 4.78 is 4.85. The zero-order chi connectivity index (χ0) is 13.2.